The van der Waals surface area contributed by atoms with Crippen molar-refractivity contribution in [1.82, 2.24) is 4.57 Å². The van der Waals surface area contributed by atoms with Crippen LogP contribution in [-0.2, 0) is 0 Å². The van der Waals surface area contributed by atoms with Gasteiger partial charge in [0.25, 0.3) is 0 Å². The average molecular weight is 419 g/mol. The number of rotatable bonds is 5. The summed E-state index contributed by atoms with van der Waals surface area (Å²) >= 11 is 0. The SMILES string of the molecule is COc1c(N2CCC(C3(N)CC3)C2)c(F)cc2c(=O)c(C(=O)O)cn(C3CC3F)c12. The lowest BCUT2D eigenvalue weighted by atomic mass is 9.97. The largest absolute Gasteiger partial charge is 0.492 e. The van der Waals surface area contributed by atoms with Crippen molar-refractivity contribution in [2.75, 3.05) is 25.1 Å². The van der Waals surface area contributed by atoms with E-state index in [0.29, 0.717) is 13.1 Å². The highest BCUT2D eigenvalue weighted by Gasteiger charge is 2.48. The lowest BCUT2D eigenvalue weighted by Gasteiger charge is -2.25. The van der Waals surface area contributed by atoms with Crippen LogP contribution in [0.25, 0.3) is 10.9 Å². The molecule has 3 fully saturated rings. The zero-order valence-corrected chi connectivity index (χ0v) is 16.5. The molecule has 1 saturated heterocycles. The van der Waals surface area contributed by atoms with Gasteiger partial charge in [-0.3, -0.25) is 4.79 Å². The van der Waals surface area contributed by atoms with E-state index in [0.717, 1.165) is 31.5 Å². The third-order valence-corrected chi connectivity index (χ3v) is 6.82. The Hall–Kier alpha value is -2.68. The Morgan fingerprint density at radius 3 is 2.67 bits per heavy atom. The van der Waals surface area contributed by atoms with Crippen LogP contribution in [0.2, 0.25) is 0 Å². The normalized spacial score (nSPS) is 26.8. The molecule has 9 heteroatoms. The highest BCUT2D eigenvalue weighted by Crippen LogP contribution is 2.48. The van der Waals surface area contributed by atoms with Gasteiger partial charge in [-0.05, 0) is 31.2 Å². The second kappa shape index (κ2) is 6.41. The number of carboxylic acids is 1. The summed E-state index contributed by atoms with van der Waals surface area (Å²) < 4.78 is 36.2. The number of pyridine rings is 1. The fraction of sp³-hybridized carbons (Fsp3) is 0.524. The number of ether oxygens (including phenoxy) is 1. The molecule has 3 atom stereocenters. The number of benzene rings is 1. The number of methoxy groups -OCH3 is 1. The van der Waals surface area contributed by atoms with Crippen molar-refractivity contribution >= 4 is 22.6 Å². The van der Waals surface area contributed by atoms with Crippen LogP contribution in [0.1, 0.15) is 42.1 Å². The number of nitrogens with two attached hydrogens (primary N) is 1. The van der Waals surface area contributed by atoms with Crippen LogP contribution in [0.5, 0.6) is 5.75 Å². The van der Waals surface area contributed by atoms with Gasteiger partial charge in [-0.2, -0.15) is 0 Å². The van der Waals surface area contributed by atoms with Gasteiger partial charge in [0, 0.05) is 31.2 Å². The molecule has 3 aliphatic rings. The fourth-order valence-electron chi connectivity index (χ4n) is 4.77. The van der Waals surface area contributed by atoms with Gasteiger partial charge in [0.05, 0.1) is 24.1 Å². The van der Waals surface area contributed by atoms with Crippen LogP contribution in [0.4, 0.5) is 14.5 Å². The molecule has 3 N–H and O–H groups in total. The summed E-state index contributed by atoms with van der Waals surface area (Å²) in [5.41, 5.74) is 5.27. The van der Waals surface area contributed by atoms with Crippen LogP contribution < -0.4 is 20.8 Å². The molecule has 160 valence electrons. The summed E-state index contributed by atoms with van der Waals surface area (Å²) in [7, 11) is 1.37. The number of halogens is 2. The van der Waals surface area contributed by atoms with Crippen LogP contribution >= 0.6 is 0 Å². The van der Waals surface area contributed by atoms with Crippen LogP contribution in [0, 0.1) is 11.7 Å². The first-order chi connectivity index (χ1) is 14.2. The highest BCUT2D eigenvalue weighted by atomic mass is 19.1. The second-order valence-corrected chi connectivity index (χ2v) is 8.70. The number of carbonyl (C=O) groups is 1. The van der Waals surface area contributed by atoms with Gasteiger partial charge in [-0.1, -0.05) is 0 Å². The van der Waals surface area contributed by atoms with Crippen molar-refractivity contribution < 1.29 is 23.4 Å². The third kappa shape index (κ3) is 2.79. The minimum atomic E-state index is -1.43. The maximum Gasteiger partial charge on any atom is 0.341 e. The Bertz CT molecular complexity index is 1130. The van der Waals surface area contributed by atoms with E-state index in [1.807, 2.05) is 4.90 Å². The molecule has 0 amide bonds. The Morgan fingerprint density at radius 1 is 1.40 bits per heavy atom. The topological polar surface area (TPSA) is 97.8 Å². The predicted molar refractivity (Wildman–Crippen MR) is 107 cm³/mol. The predicted octanol–water partition coefficient (Wildman–Crippen LogP) is 2.45. The third-order valence-electron chi connectivity index (χ3n) is 6.82. The minimum Gasteiger partial charge on any atom is -0.492 e. The van der Waals surface area contributed by atoms with Gasteiger partial charge >= 0.3 is 5.97 Å². The molecule has 2 heterocycles. The molecule has 7 nitrogen and oxygen atoms in total. The summed E-state index contributed by atoms with van der Waals surface area (Å²) in [5, 5.41) is 9.28. The molecule has 0 bridgehead atoms. The van der Waals surface area contributed by atoms with E-state index in [1.165, 1.54) is 11.7 Å². The summed E-state index contributed by atoms with van der Waals surface area (Å²) in [5.74, 6) is -1.73. The number of aromatic nitrogens is 1. The van der Waals surface area contributed by atoms with Gasteiger partial charge in [-0.15, -0.1) is 0 Å². The first-order valence-electron chi connectivity index (χ1n) is 10.1. The first kappa shape index (κ1) is 19.3. The van der Waals surface area contributed by atoms with Crippen molar-refractivity contribution in [3.05, 3.63) is 33.9 Å². The molecule has 1 aromatic carbocycles. The van der Waals surface area contributed by atoms with Crippen LogP contribution in [-0.4, -0.2) is 47.6 Å². The molecule has 2 aliphatic carbocycles. The number of hydrogen-bond acceptors (Lipinski definition) is 5. The highest BCUT2D eigenvalue weighted by molar-refractivity contribution is 5.97. The Balaban J connectivity index is 1.71. The van der Waals surface area contributed by atoms with E-state index in [9.17, 15) is 19.1 Å². The van der Waals surface area contributed by atoms with E-state index in [1.54, 1.807) is 0 Å². The Morgan fingerprint density at radius 2 is 2.10 bits per heavy atom. The second-order valence-electron chi connectivity index (χ2n) is 8.70. The number of aromatic carboxylic acids is 1. The summed E-state index contributed by atoms with van der Waals surface area (Å²) in [6.45, 7) is 1.16. The van der Waals surface area contributed by atoms with E-state index in [4.69, 9.17) is 10.5 Å². The van der Waals surface area contributed by atoms with E-state index in [2.05, 4.69) is 0 Å². The maximum atomic E-state index is 15.3. The summed E-state index contributed by atoms with van der Waals surface area (Å²) in [6.07, 6.45) is 2.94. The minimum absolute atomic E-state index is 0.125. The smallest absolute Gasteiger partial charge is 0.341 e. The molecular formula is C21H23F2N3O4. The van der Waals surface area contributed by atoms with Crippen LogP contribution in [0.3, 0.4) is 0 Å². The Labute approximate surface area is 171 Å². The summed E-state index contributed by atoms with van der Waals surface area (Å²) in [4.78, 5) is 26.2. The van der Waals surface area contributed by atoms with E-state index >= 15 is 4.39 Å². The monoisotopic (exact) mass is 419 g/mol. The van der Waals surface area contributed by atoms with Gasteiger partial charge in [-0.25, -0.2) is 13.6 Å². The first-order valence-corrected chi connectivity index (χ1v) is 10.1. The number of carboxylic acid groups (broad SMARTS) is 1. The van der Waals surface area contributed by atoms with Gasteiger partial charge in [0.2, 0.25) is 5.43 Å². The molecular weight excluding hydrogens is 396 g/mol. The van der Waals surface area contributed by atoms with Crippen molar-refractivity contribution in [1.29, 1.82) is 0 Å². The van der Waals surface area contributed by atoms with Crippen molar-refractivity contribution in [2.45, 2.75) is 43.4 Å². The fourth-order valence-corrected chi connectivity index (χ4v) is 4.77. The molecule has 1 aromatic heterocycles. The molecule has 2 aromatic rings. The zero-order valence-electron chi connectivity index (χ0n) is 16.5. The quantitative estimate of drug-likeness (QED) is 0.773. The number of hydrogen-bond donors (Lipinski definition) is 2. The number of nitrogens with zero attached hydrogens (tertiary/aromatic N) is 2. The van der Waals surface area contributed by atoms with Gasteiger partial charge in [0.15, 0.2) is 11.6 Å². The lowest BCUT2D eigenvalue weighted by molar-refractivity contribution is 0.0694. The standard InChI is InChI=1S/C21H23F2N3O4/c1-30-19-16-11(18(27)12(20(28)29)9-26(16)15-7-13(15)22)6-14(23)17(19)25-5-2-10(8-25)21(24)3-4-21/h6,9-10,13,15H,2-5,7-8,24H2,1H3,(H,28,29). The molecule has 0 spiro atoms. The van der Waals surface area contributed by atoms with Crippen molar-refractivity contribution in [2.24, 2.45) is 11.7 Å². The lowest BCUT2D eigenvalue weighted by Crippen LogP contribution is -2.34. The van der Waals surface area contributed by atoms with Gasteiger partial charge in [0.1, 0.15) is 17.4 Å². The van der Waals surface area contributed by atoms with Crippen molar-refractivity contribution in [3.8, 4) is 5.75 Å². The number of fused-ring (bicyclic) bond motifs is 1. The van der Waals surface area contributed by atoms with Crippen molar-refractivity contribution in [3.63, 3.8) is 0 Å². The van der Waals surface area contributed by atoms with Crippen LogP contribution in [0.15, 0.2) is 17.1 Å². The number of anilines is 1. The molecule has 30 heavy (non-hydrogen) atoms. The van der Waals surface area contributed by atoms with E-state index in [-0.39, 0.29) is 40.2 Å². The number of alkyl halides is 1. The molecule has 0 radical (unpaired) electrons. The molecule has 3 unspecified atom stereocenters. The van der Waals surface area contributed by atoms with Gasteiger partial charge < -0.3 is 25.0 Å². The molecule has 2 saturated carbocycles. The molecule has 1 aliphatic heterocycles. The molecule has 5 rings (SSSR count). The summed E-state index contributed by atoms with van der Waals surface area (Å²) in [6, 6.07) is 0.444. The zero-order chi connectivity index (χ0) is 21.4. The average Bonchev–Trinajstić information content (AvgIpc) is 3.57. The Kier molecular flexibility index (Phi) is 4.12. The maximum absolute atomic E-state index is 15.3. The van der Waals surface area contributed by atoms with E-state index < -0.39 is 35.0 Å².